The third kappa shape index (κ3) is 5.62. The van der Waals surface area contributed by atoms with Crippen molar-refractivity contribution >= 4 is 23.5 Å². The van der Waals surface area contributed by atoms with Crippen LogP contribution in [-0.4, -0.2) is 46.9 Å². The first-order chi connectivity index (χ1) is 9.79. The Morgan fingerprint density at radius 2 is 1.76 bits per heavy atom. The first-order valence-electron chi connectivity index (χ1n) is 6.45. The second-order valence-electron chi connectivity index (χ2n) is 4.88. The zero-order chi connectivity index (χ0) is 16.0. The maximum Gasteiger partial charge on any atom is 0.317 e. The number of hydrogen-bond donors (Lipinski definition) is 3. The standard InChI is InChI=1S/C14H19N3O4/c1-9(2)17(8-13(19)20)7-12(18)16-11-5-3-10(4-6-11)14(15)21/h3-6,9H,7-8H2,1-2H3,(H2,15,21)(H,16,18)(H,19,20). The third-order valence-electron chi connectivity index (χ3n) is 2.87. The van der Waals surface area contributed by atoms with Crippen LogP contribution in [0.2, 0.25) is 0 Å². The second-order valence-corrected chi connectivity index (χ2v) is 4.88. The van der Waals surface area contributed by atoms with Crippen molar-refractivity contribution in [2.45, 2.75) is 19.9 Å². The average Bonchev–Trinajstić information content (AvgIpc) is 2.37. The summed E-state index contributed by atoms with van der Waals surface area (Å²) in [6.07, 6.45) is 0. The number of carbonyl (C=O) groups excluding carboxylic acids is 2. The van der Waals surface area contributed by atoms with Crippen molar-refractivity contribution in [2.75, 3.05) is 18.4 Å². The van der Waals surface area contributed by atoms with Crippen molar-refractivity contribution in [3.63, 3.8) is 0 Å². The lowest BCUT2D eigenvalue weighted by Crippen LogP contribution is -2.41. The molecule has 7 heteroatoms. The Morgan fingerprint density at radius 1 is 1.19 bits per heavy atom. The van der Waals surface area contributed by atoms with Gasteiger partial charge in [-0.2, -0.15) is 0 Å². The maximum atomic E-state index is 11.9. The molecule has 0 saturated carbocycles. The van der Waals surface area contributed by atoms with E-state index in [0.29, 0.717) is 11.3 Å². The topological polar surface area (TPSA) is 113 Å². The van der Waals surface area contributed by atoms with Gasteiger partial charge in [-0.25, -0.2) is 0 Å². The molecule has 0 radical (unpaired) electrons. The molecule has 114 valence electrons. The molecule has 4 N–H and O–H groups in total. The quantitative estimate of drug-likeness (QED) is 0.678. The van der Waals surface area contributed by atoms with Gasteiger partial charge in [0, 0.05) is 17.3 Å². The lowest BCUT2D eigenvalue weighted by molar-refractivity contribution is -0.139. The number of nitrogens with one attached hydrogen (secondary N) is 1. The van der Waals surface area contributed by atoms with Crippen LogP contribution in [0.1, 0.15) is 24.2 Å². The summed E-state index contributed by atoms with van der Waals surface area (Å²) in [6, 6.07) is 6.08. The van der Waals surface area contributed by atoms with Crippen LogP contribution in [0, 0.1) is 0 Å². The van der Waals surface area contributed by atoms with Crippen molar-refractivity contribution in [2.24, 2.45) is 5.73 Å². The predicted octanol–water partition coefficient (Wildman–Crippen LogP) is 0.519. The number of primary amides is 1. The fraction of sp³-hybridized carbons (Fsp3) is 0.357. The highest BCUT2D eigenvalue weighted by Gasteiger charge is 2.17. The number of carboxylic acids is 1. The van der Waals surface area contributed by atoms with E-state index in [9.17, 15) is 14.4 Å². The highest BCUT2D eigenvalue weighted by molar-refractivity contribution is 5.95. The normalized spacial score (nSPS) is 10.7. The fourth-order valence-corrected chi connectivity index (χ4v) is 1.70. The van der Waals surface area contributed by atoms with E-state index in [-0.39, 0.29) is 25.0 Å². The number of anilines is 1. The van der Waals surface area contributed by atoms with Crippen LogP contribution in [0.5, 0.6) is 0 Å². The summed E-state index contributed by atoms with van der Waals surface area (Å²) in [7, 11) is 0. The molecule has 0 spiro atoms. The molecule has 2 amide bonds. The number of nitrogens with zero attached hydrogens (tertiary/aromatic N) is 1. The Kier molecular flexibility index (Phi) is 5.86. The summed E-state index contributed by atoms with van der Waals surface area (Å²) >= 11 is 0. The second kappa shape index (κ2) is 7.39. The first-order valence-corrected chi connectivity index (χ1v) is 6.45. The maximum absolute atomic E-state index is 11.9. The SMILES string of the molecule is CC(C)N(CC(=O)O)CC(=O)Nc1ccc(C(N)=O)cc1. The van der Waals surface area contributed by atoms with E-state index in [4.69, 9.17) is 10.8 Å². The number of benzene rings is 1. The Labute approximate surface area is 122 Å². The monoisotopic (exact) mass is 293 g/mol. The minimum atomic E-state index is -0.984. The van der Waals surface area contributed by atoms with Gasteiger partial charge in [0.2, 0.25) is 11.8 Å². The molecule has 0 unspecified atom stereocenters. The molecule has 0 aliphatic heterocycles. The number of aliphatic carboxylic acids is 1. The molecule has 0 fully saturated rings. The van der Waals surface area contributed by atoms with E-state index in [0.717, 1.165) is 0 Å². The van der Waals surface area contributed by atoms with E-state index in [1.54, 1.807) is 12.1 Å². The smallest absolute Gasteiger partial charge is 0.317 e. The van der Waals surface area contributed by atoms with Crippen LogP contribution in [0.15, 0.2) is 24.3 Å². The van der Waals surface area contributed by atoms with Gasteiger partial charge in [0.25, 0.3) is 0 Å². The van der Waals surface area contributed by atoms with E-state index in [1.165, 1.54) is 17.0 Å². The molecular weight excluding hydrogens is 274 g/mol. The van der Waals surface area contributed by atoms with Crippen LogP contribution in [0.25, 0.3) is 0 Å². The van der Waals surface area contributed by atoms with Gasteiger partial charge >= 0.3 is 5.97 Å². The summed E-state index contributed by atoms with van der Waals surface area (Å²) in [4.78, 5) is 35.1. The van der Waals surface area contributed by atoms with Crippen molar-refractivity contribution in [1.29, 1.82) is 0 Å². The van der Waals surface area contributed by atoms with Gasteiger partial charge in [-0.1, -0.05) is 0 Å². The van der Waals surface area contributed by atoms with E-state index >= 15 is 0 Å². The Balaban J connectivity index is 2.63. The lowest BCUT2D eigenvalue weighted by Gasteiger charge is -2.23. The van der Waals surface area contributed by atoms with Crippen molar-refractivity contribution in [1.82, 2.24) is 4.90 Å². The fourth-order valence-electron chi connectivity index (χ4n) is 1.70. The van der Waals surface area contributed by atoms with Crippen molar-refractivity contribution in [3.8, 4) is 0 Å². The van der Waals surface area contributed by atoms with E-state index in [2.05, 4.69) is 5.32 Å². The van der Waals surface area contributed by atoms with Crippen LogP contribution in [-0.2, 0) is 9.59 Å². The van der Waals surface area contributed by atoms with Crippen LogP contribution in [0.4, 0.5) is 5.69 Å². The highest BCUT2D eigenvalue weighted by atomic mass is 16.4. The lowest BCUT2D eigenvalue weighted by atomic mass is 10.2. The molecule has 0 atom stereocenters. The number of carbonyl (C=O) groups is 3. The molecule has 0 heterocycles. The minimum Gasteiger partial charge on any atom is -0.480 e. The zero-order valence-corrected chi connectivity index (χ0v) is 12.0. The Bertz CT molecular complexity index is 526. The average molecular weight is 293 g/mol. The van der Waals surface area contributed by atoms with Crippen molar-refractivity contribution < 1.29 is 19.5 Å². The molecule has 7 nitrogen and oxygen atoms in total. The van der Waals surface area contributed by atoms with Crippen LogP contribution >= 0.6 is 0 Å². The van der Waals surface area contributed by atoms with Crippen molar-refractivity contribution in [3.05, 3.63) is 29.8 Å². The van der Waals surface area contributed by atoms with E-state index < -0.39 is 11.9 Å². The van der Waals surface area contributed by atoms with Gasteiger partial charge in [-0.05, 0) is 38.1 Å². The van der Waals surface area contributed by atoms with Crippen LogP contribution < -0.4 is 11.1 Å². The summed E-state index contributed by atoms with van der Waals surface area (Å²) < 4.78 is 0. The predicted molar refractivity (Wildman–Crippen MR) is 77.9 cm³/mol. The molecular formula is C14H19N3O4. The molecule has 1 rings (SSSR count). The molecule has 1 aromatic rings. The molecule has 0 saturated heterocycles. The number of nitrogens with two attached hydrogens (primary N) is 1. The largest absolute Gasteiger partial charge is 0.480 e. The van der Waals surface area contributed by atoms with Gasteiger partial charge in [-0.3, -0.25) is 19.3 Å². The first kappa shape index (κ1) is 16.6. The number of hydrogen-bond acceptors (Lipinski definition) is 4. The highest BCUT2D eigenvalue weighted by Crippen LogP contribution is 2.09. The van der Waals surface area contributed by atoms with Gasteiger partial charge in [0.1, 0.15) is 0 Å². The number of carboxylic acid groups (broad SMARTS) is 1. The molecule has 0 aromatic heterocycles. The van der Waals surface area contributed by atoms with E-state index in [1.807, 2.05) is 13.8 Å². The number of rotatable bonds is 7. The molecule has 1 aromatic carbocycles. The molecule has 21 heavy (non-hydrogen) atoms. The minimum absolute atomic E-state index is 0.0263. The summed E-state index contributed by atoms with van der Waals surface area (Å²) in [5.74, 6) is -1.85. The summed E-state index contributed by atoms with van der Waals surface area (Å²) in [5, 5.41) is 11.4. The van der Waals surface area contributed by atoms with Gasteiger partial charge in [-0.15, -0.1) is 0 Å². The van der Waals surface area contributed by atoms with Gasteiger partial charge < -0.3 is 16.2 Å². The Hall–Kier alpha value is -2.41. The Morgan fingerprint density at radius 3 is 2.19 bits per heavy atom. The van der Waals surface area contributed by atoms with Gasteiger partial charge in [0.05, 0.1) is 13.1 Å². The summed E-state index contributed by atoms with van der Waals surface area (Å²) in [5.41, 5.74) is 5.99. The zero-order valence-electron chi connectivity index (χ0n) is 12.0. The molecule has 0 aliphatic carbocycles. The molecule has 0 bridgehead atoms. The third-order valence-corrected chi connectivity index (χ3v) is 2.87. The summed E-state index contributed by atoms with van der Waals surface area (Å²) in [6.45, 7) is 3.41. The van der Waals surface area contributed by atoms with Gasteiger partial charge in [0.15, 0.2) is 0 Å². The molecule has 0 aliphatic rings. The van der Waals surface area contributed by atoms with Crippen LogP contribution in [0.3, 0.4) is 0 Å². The number of amides is 2.